The summed E-state index contributed by atoms with van der Waals surface area (Å²) in [5.74, 6) is 0.893. The van der Waals surface area contributed by atoms with Gasteiger partial charge in [-0.15, -0.1) is 5.10 Å². The van der Waals surface area contributed by atoms with Gasteiger partial charge in [0.15, 0.2) is 5.75 Å². The van der Waals surface area contributed by atoms with E-state index in [0.29, 0.717) is 26.1 Å². The molecule has 4 rings (SSSR count). The Kier molecular flexibility index (Phi) is 4.81. The number of benzene rings is 2. The zero-order chi connectivity index (χ0) is 20.7. The van der Waals surface area contributed by atoms with Crippen molar-refractivity contribution in [2.24, 2.45) is 0 Å². The van der Waals surface area contributed by atoms with Crippen LogP contribution in [0.1, 0.15) is 11.3 Å². The highest BCUT2D eigenvalue weighted by Gasteiger charge is 2.19. The molecule has 1 aliphatic rings. The van der Waals surface area contributed by atoms with Gasteiger partial charge in [-0.1, -0.05) is 0 Å². The van der Waals surface area contributed by atoms with E-state index in [-0.39, 0.29) is 12.3 Å². The Morgan fingerprint density at radius 2 is 1.86 bits per heavy atom. The van der Waals surface area contributed by atoms with Crippen molar-refractivity contribution in [2.75, 3.05) is 5.32 Å². The number of rotatable bonds is 3. The maximum absolute atomic E-state index is 12.1. The fraction of sp³-hybridized carbons (Fsp3) is 0.0556. The molecule has 2 aromatic carbocycles. The highest BCUT2D eigenvalue weighted by atomic mass is 79.9. The molecule has 144 valence electrons. The molecule has 0 fully saturated rings. The number of amides is 1. The van der Waals surface area contributed by atoms with Crippen molar-refractivity contribution < 1.29 is 9.53 Å². The van der Waals surface area contributed by atoms with E-state index in [1.807, 2.05) is 4.98 Å². The lowest BCUT2D eigenvalue weighted by Gasteiger charge is -2.13. The van der Waals surface area contributed by atoms with Crippen LogP contribution in [0.2, 0.25) is 0 Å². The molecule has 0 radical (unpaired) electrons. The molecule has 11 heteroatoms. The van der Waals surface area contributed by atoms with Gasteiger partial charge in [-0.3, -0.25) is 14.6 Å². The predicted octanol–water partition coefficient (Wildman–Crippen LogP) is 2.60. The maximum Gasteiger partial charge on any atom is 0.349 e. The second-order valence-corrected chi connectivity index (χ2v) is 7.72. The van der Waals surface area contributed by atoms with Crippen LogP contribution >= 0.6 is 31.9 Å². The summed E-state index contributed by atoms with van der Waals surface area (Å²) >= 11 is 6.80. The van der Waals surface area contributed by atoms with Gasteiger partial charge in [-0.2, -0.15) is 9.94 Å². The van der Waals surface area contributed by atoms with E-state index >= 15 is 0 Å². The first-order chi connectivity index (χ1) is 13.9. The van der Waals surface area contributed by atoms with Gasteiger partial charge < -0.3 is 10.1 Å². The van der Waals surface area contributed by atoms with Crippen molar-refractivity contribution in [3.8, 4) is 23.3 Å². The van der Waals surface area contributed by atoms with Crippen molar-refractivity contribution in [3.05, 3.63) is 71.4 Å². The summed E-state index contributed by atoms with van der Waals surface area (Å²) in [4.78, 5) is 37.2. The van der Waals surface area contributed by atoms with E-state index in [0.717, 1.165) is 15.9 Å². The zero-order valence-corrected chi connectivity index (χ0v) is 17.5. The molecule has 0 atom stereocenters. The lowest BCUT2D eigenvalue weighted by molar-refractivity contribution is -0.115. The highest BCUT2D eigenvalue weighted by molar-refractivity contribution is 9.11. The number of carbonyl (C=O) groups excluding carboxylic acids is 1. The summed E-state index contributed by atoms with van der Waals surface area (Å²) in [6.07, 6.45) is 0.288. The molecule has 0 unspecified atom stereocenters. The van der Waals surface area contributed by atoms with Crippen LogP contribution in [0.3, 0.4) is 0 Å². The molecule has 9 nitrogen and oxygen atoms in total. The molecule has 1 aromatic heterocycles. The zero-order valence-electron chi connectivity index (χ0n) is 14.3. The van der Waals surface area contributed by atoms with Crippen LogP contribution in [0.25, 0.3) is 5.69 Å². The fourth-order valence-electron chi connectivity index (χ4n) is 2.80. The topological polar surface area (TPSA) is 130 Å². The van der Waals surface area contributed by atoms with Crippen LogP contribution in [-0.2, 0) is 11.2 Å². The third kappa shape index (κ3) is 3.59. The lowest BCUT2D eigenvalue weighted by Crippen LogP contribution is -2.33. The number of aromatic nitrogens is 3. The van der Waals surface area contributed by atoms with Gasteiger partial charge in [0.2, 0.25) is 11.6 Å². The first kappa shape index (κ1) is 19.1. The number of fused-ring (bicyclic) bond motifs is 1. The van der Waals surface area contributed by atoms with Gasteiger partial charge in [0.25, 0.3) is 5.56 Å². The molecule has 0 aliphatic carbocycles. The average molecular weight is 519 g/mol. The number of H-pyrrole nitrogens is 1. The van der Waals surface area contributed by atoms with Crippen LogP contribution in [0, 0.1) is 11.3 Å². The van der Waals surface area contributed by atoms with E-state index in [2.05, 4.69) is 42.3 Å². The van der Waals surface area contributed by atoms with Gasteiger partial charge in [0, 0.05) is 5.69 Å². The smallest absolute Gasteiger partial charge is 0.349 e. The Hall–Kier alpha value is -3.23. The Bertz CT molecular complexity index is 1320. The summed E-state index contributed by atoms with van der Waals surface area (Å²) in [5.41, 5.74) is -0.165. The molecular formula is C18H9Br2N5O4. The Morgan fingerprint density at radius 1 is 1.14 bits per heavy atom. The lowest BCUT2D eigenvalue weighted by atomic mass is 10.1. The van der Waals surface area contributed by atoms with Gasteiger partial charge in [0.05, 0.1) is 21.1 Å². The van der Waals surface area contributed by atoms with Crippen LogP contribution in [0.5, 0.6) is 11.5 Å². The number of nitrogens with one attached hydrogen (secondary N) is 2. The standard InChI is InChI=1S/C18H9Br2N5O4/c19-11-5-9(25-18(28)23-17(27)14(7-21)24-25)6-12(20)16(11)29-10-1-2-13-8(3-10)4-15(26)22-13/h1-3,5-6H,4H2,(H,22,26)(H,23,27,28). The molecule has 1 amide bonds. The van der Waals surface area contributed by atoms with Crippen molar-refractivity contribution in [3.63, 3.8) is 0 Å². The van der Waals surface area contributed by atoms with Crippen molar-refractivity contribution in [1.82, 2.24) is 14.8 Å². The molecule has 3 aromatic rings. The highest BCUT2D eigenvalue weighted by Crippen LogP contribution is 2.39. The number of hydrogen-bond acceptors (Lipinski definition) is 6. The molecule has 29 heavy (non-hydrogen) atoms. The van der Waals surface area contributed by atoms with Crippen LogP contribution in [-0.4, -0.2) is 20.7 Å². The summed E-state index contributed by atoms with van der Waals surface area (Å²) in [6, 6.07) is 10.0. The monoisotopic (exact) mass is 517 g/mol. The van der Waals surface area contributed by atoms with Crippen molar-refractivity contribution in [2.45, 2.75) is 6.42 Å². The minimum atomic E-state index is -0.851. The molecule has 0 saturated heterocycles. The third-order valence-corrected chi connectivity index (χ3v) is 5.26. The minimum Gasteiger partial charge on any atom is -0.455 e. The van der Waals surface area contributed by atoms with E-state index in [1.165, 1.54) is 0 Å². The summed E-state index contributed by atoms with van der Waals surface area (Å²) in [5, 5.41) is 15.5. The summed E-state index contributed by atoms with van der Waals surface area (Å²) in [6.45, 7) is 0. The molecule has 0 saturated carbocycles. The van der Waals surface area contributed by atoms with Crippen LogP contribution in [0.4, 0.5) is 5.69 Å². The van der Waals surface area contributed by atoms with E-state index < -0.39 is 16.9 Å². The number of aromatic amines is 1. The number of ether oxygens (including phenoxy) is 1. The first-order valence-electron chi connectivity index (χ1n) is 8.09. The fourth-order valence-corrected chi connectivity index (χ4v) is 4.13. The largest absolute Gasteiger partial charge is 0.455 e. The van der Waals surface area contributed by atoms with E-state index in [1.54, 1.807) is 36.4 Å². The quantitative estimate of drug-likeness (QED) is 0.548. The summed E-state index contributed by atoms with van der Waals surface area (Å²) < 4.78 is 7.83. The predicted molar refractivity (Wildman–Crippen MR) is 109 cm³/mol. The van der Waals surface area contributed by atoms with Gasteiger partial charge in [-0.05, 0) is 67.8 Å². The number of anilines is 1. The molecule has 0 bridgehead atoms. The van der Waals surface area contributed by atoms with Gasteiger partial charge in [-0.25, -0.2) is 4.79 Å². The van der Waals surface area contributed by atoms with Gasteiger partial charge in [0.1, 0.15) is 11.8 Å². The molecule has 2 N–H and O–H groups in total. The Labute approximate surface area is 179 Å². The number of carbonyl (C=O) groups is 1. The van der Waals surface area contributed by atoms with Crippen LogP contribution < -0.4 is 21.3 Å². The third-order valence-electron chi connectivity index (χ3n) is 4.08. The molecule has 1 aliphatic heterocycles. The summed E-state index contributed by atoms with van der Waals surface area (Å²) in [7, 11) is 0. The van der Waals surface area contributed by atoms with E-state index in [4.69, 9.17) is 10.00 Å². The Balaban J connectivity index is 1.71. The second kappa shape index (κ2) is 7.31. The minimum absolute atomic E-state index is 0.0700. The Morgan fingerprint density at radius 3 is 2.55 bits per heavy atom. The number of nitrogens with zero attached hydrogens (tertiary/aromatic N) is 3. The van der Waals surface area contributed by atoms with Crippen molar-refractivity contribution in [1.29, 1.82) is 5.26 Å². The number of hydrogen-bond donors (Lipinski definition) is 2. The molecule has 0 spiro atoms. The van der Waals surface area contributed by atoms with E-state index in [9.17, 15) is 14.4 Å². The average Bonchev–Trinajstić information content (AvgIpc) is 3.04. The van der Waals surface area contributed by atoms with Gasteiger partial charge >= 0.3 is 5.69 Å². The number of nitriles is 1. The second-order valence-electron chi connectivity index (χ2n) is 6.02. The molecular weight excluding hydrogens is 510 g/mol. The normalized spacial score (nSPS) is 12.2. The SMILES string of the molecule is N#Cc1nn(-c2cc(Br)c(Oc3ccc4c(c3)CC(=O)N4)c(Br)c2)c(=O)[nH]c1=O. The number of halogens is 2. The van der Waals surface area contributed by atoms with Crippen molar-refractivity contribution >= 4 is 43.5 Å². The van der Waals surface area contributed by atoms with Crippen LogP contribution in [0.15, 0.2) is 48.9 Å². The molecule has 2 heterocycles. The first-order valence-corrected chi connectivity index (χ1v) is 9.68. The maximum atomic E-state index is 12.1.